The van der Waals surface area contributed by atoms with E-state index in [9.17, 15) is 4.79 Å². The summed E-state index contributed by atoms with van der Waals surface area (Å²) in [7, 11) is 0. The summed E-state index contributed by atoms with van der Waals surface area (Å²) in [6, 6.07) is 9.87. The summed E-state index contributed by atoms with van der Waals surface area (Å²) < 4.78 is 0. The van der Waals surface area contributed by atoms with Crippen molar-refractivity contribution in [1.82, 2.24) is 0 Å². The number of hydrogen-bond acceptors (Lipinski definition) is 1. The molecule has 102 valence electrons. The van der Waals surface area contributed by atoms with Crippen LogP contribution in [0.25, 0.3) is 0 Å². The molecule has 0 saturated carbocycles. The van der Waals surface area contributed by atoms with E-state index in [1.807, 2.05) is 51.1 Å². The van der Waals surface area contributed by atoms with E-state index < -0.39 is 0 Å². The van der Waals surface area contributed by atoms with Gasteiger partial charge in [0.25, 0.3) is 0 Å². The maximum absolute atomic E-state index is 11.6. The number of benzene rings is 1. The maximum atomic E-state index is 11.6. The van der Waals surface area contributed by atoms with Crippen molar-refractivity contribution in [3.05, 3.63) is 35.9 Å². The van der Waals surface area contributed by atoms with Crippen LogP contribution in [0.4, 0.5) is 0 Å². The fourth-order valence-electron chi connectivity index (χ4n) is 1.05. The molecule has 0 aliphatic carbocycles. The molecular weight excluding hydrogens is 220 g/mol. The van der Waals surface area contributed by atoms with E-state index in [1.54, 1.807) is 0 Å². The van der Waals surface area contributed by atoms with Crippen molar-refractivity contribution < 1.29 is 4.79 Å². The van der Waals surface area contributed by atoms with E-state index in [4.69, 9.17) is 0 Å². The molecule has 0 amide bonds. The highest BCUT2D eigenvalue weighted by Crippen LogP contribution is 2.17. The van der Waals surface area contributed by atoms with Crippen molar-refractivity contribution in [2.75, 3.05) is 0 Å². The second-order valence-corrected chi connectivity index (χ2v) is 7.34. The number of rotatable bonds is 2. The summed E-state index contributed by atoms with van der Waals surface area (Å²) in [5.41, 5.74) is 1.37. The second-order valence-electron chi connectivity index (χ2n) is 7.34. The summed E-state index contributed by atoms with van der Waals surface area (Å²) in [6.45, 7) is 14.6. The third kappa shape index (κ3) is 10.1. The molecule has 0 aliphatic heterocycles. The van der Waals surface area contributed by atoms with Crippen molar-refractivity contribution >= 4 is 5.78 Å². The largest absolute Gasteiger partial charge is 0.299 e. The SMILES string of the molecule is CC(C)(C)C.CC(C)(C)C(=O)Cc1ccccc1. The molecule has 1 aromatic rings. The van der Waals surface area contributed by atoms with Gasteiger partial charge in [-0.1, -0.05) is 78.8 Å². The van der Waals surface area contributed by atoms with Crippen molar-refractivity contribution in [3.8, 4) is 0 Å². The standard InChI is InChI=1S/C12H16O.C5H12/c1-12(2,3)11(13)9-10-7-5-4-6-8-10;1-5(2,3)4/h4-8H,9H2,1-3H3;1-4H3. The summed E-state index contributed by atoms with van der Waals surface area (Å²) in [4.78, 5) is 11.6. The van der Waals surface area contributed by atoms with Gasteiger partial charge >= 0.3 is 0 Å². The smallest absolute Gasteiger partial charge is 0.142 e. The maximum Gasteiger partial charge on any atom is 0.142 e. The fourth-order valence-corrected chi connectivity index (χ4v) is 1.05. The number of hydrogen-bond donors (Lipinski definition) is 0. The lowest BCUT2D eigenvalue weighted by Crippen LogP contribution is -2.21. The van der Waals surface area contributed by atoms with E-state index in [0.29, 0.717) is 17.6 Å². The molecule has 0 unspecified atom stereocenters. The third-order valence-corrected chi connectivity index (χ3v) is 2.04. The van der Waals surface area contributed by atoms with E-state index in [-0.39, 0.29) is 5.41 Å². The highest BCUT2D eigenvalue weighted by atomic mass is 16.1. The fraction of sp³-hybridized carbons (Fsp3) is 0.588. The quantitative estimate of drug-likeness (QED) is 0.727. The molecule has 0 aliphatic rings. The summed E-state index contributed by atoms with van der Waals surface area (Å²) >= 11 is 0. The number of ketones is 1. The Labute approximate surface area is 113 Å². The van der Waals surface area contributed by atoms with Gasteiger partial charge in [-0.15, -0.1) is 0 Å². The predicted molar refractivity (Wildman–Crippen MR) is 79.7 cm³/mol. The first-order chi connectivity index (χ1) is 8.00. The lowest BCUT2D eigenvalue weighted by Gasteiger charge is -2.16. The normalized spacial score (nSPS) is 11.5. The molecular formula is C17H28O. The Hall–Kier alpha value is -1.11. The Morgan fingerprint density at radius 2 is 1.28 bits per heavy atom. The van der Waals surface area contributed by atoms with Crippen LogP contribution < -0.4 is 0 Å². The van der Waals surface area contributed by atoms with E-state index >= 15 is 0 Å². The number of carbonyl (C=O) groups is 1. The van der Waals surface area contributed by atoms with Crippen molar-refractivity contribution in [2.24, 2.45) is 10.8 Å². The van der Waals surface area contributed by atoms with E-state index in [1.165, 1.54) is 0 Å². The van der Waals surface area contributed by atoms with Crippen LogP contribution in [0.3, 0.4) is 0 Å². The Kier molecular flexibility index (Phi) is 6.31. The number of Topliss-reactive ketones (excluding diaryl/α,β-unsaturated/α-hetero) is 1. The summed E-state index contributed by atoms with van der Waals surface area (Å²) in [5.74, 6) is 0.290. The minimum Gasteiger partial charge on any atom is -0.299 e. The Balaban J connectivity index is 0.000000494. The predicted octanol–water partition coefficient (Wildman–Crippen LogP) is 4.90. The van der Waals surface area contributed by atoms with Gasteiger partial charge in [0, 0.05) is 11.8 Å². The van der Waals surface area contributed by atoms with Gasteiger partial charge in [0.2, 0.25) is 0 Å². The van der Waals surface area contributed by atoms with Crippen LogP contribution in [-0.2, 0) is 11.2 Å². The Bertz CT molecular complexity index is 343. The highest BCUT2D eigenvalue weighted by molar-refractivity contribution is 5.85. The van der Waals surface area contributed by atoms with Crippen LogP contribution in [0.5, 0.6) is 0 Å². The van der Waals surface area contributed by atoms with Crippen molar-refractivity contribution in [3.63, 3.8) is 0 Å². The number of carbonyl (C=O) groups excluding carboxylic acids is 1. The monoisotopic (exact) mass is 248 g/mol. The minimum atomic E-state index is -0.226. The molecule has 0 fully saturated rings. The third-order valence-electron chi connectivity index (χ3n) is 2.04. The average molecular weight is 248 g/mol. The molecule has 0 atom stereocenters. The second kappa shape index (κ2) is 6.72. The Morgan fingerprint density at radius 3 is 1.61 bits per heavy atom. The molecule has 0 saturated heterocycles. The zero-order valence-electron chi connectivity index (χ0n) is 13.0. The average Bonchev–Trinajstić information content (AvgIpc) is 2.15. The molecule has 1 nitrogen and oxygen atoms in total. The topological polar surface area (TPSA) is 17.1 Å². The molecule has 0 radical (unpaired) electrons. The van der Waals surface area contributed by atoms with Crippen molar-refractivity contribution in [2.45, 2.75) is 54.9 Å². The first kappa shape index (κ1) is 16.9. The van der Waals surface area contributed by atoms with Gasteiger partial charge in [-0.2, -0.15) is 0 Å². The molecule has 0 spiro atoms. The molecule has 0 aromatic heterocycles. The lowest BCUT2D eigenvalue weighted by atomic mass is 9.87. The van der Waals surface area contributed by atoms with Crippen LogP contribution in [-0.4, -0.2) is 5.78 Å². The molecule has 0 N–H and O–H groups in total. The van der Waals surface area contributed by atoms with E-state index in [2.05, 4.69) is 27.7 Å². The molecule has 0 bridgehead atoms. The summed E-state index contributed by atoms with van der Waals surface area (Å²) in [6.07, 6.45) is 0.546. The minimum absolute atomic E-state index is 0.226. The van der Waals surface area contributed by atoms with E-state index in [0.717, 1.165) is 5.56 Å². The molecule has 1 heteroatoms. The molecule has 18 heavy (non-hydrogen) atoms. The van der Waals surface area contributed by atoms with Crippen LogP contribution in [0.1, 0.15) is 54.0 Å². The zero-order valence-corrected chi connectivity index (χ0v) is 13.0. The van der Waals surface area contributed by atoms with Crippen molar-refractivity contribution in [1.29, 1.82) is 0 Å². The van der Waals surface area contributed by atoms with Gasteiger partial charge in [-0.25, -0.2) is 0 Å². The lowest BCUT2D eigenvalue weighted by molar-refractivity contribution is -0.125. The summed E-state index contributed by atoms with van der Waals surface area (Å²) in [5, 5.41) is 0. The molecule has 1 rings (SSSR count). The highest BCUT2D eigenvalue weighted by Gasteiger charge is 2.20. The van der Waals surface area contributed by atoms with Crippen LogP contribution in [0.15, 0.2) is 30.3 Å². The first-order valence-corrected chi connectivity index (χ1v) is 6.57. The first-order valence-electron chi connectivity index (χ1n) is 6.57. The van der Waals surface area contributed by atoms with Gasteiger partial charge in [-0.3, -0.25) is 4.79 Å². The van der Waals surface area contributed by atoms with Gasteiger partial charge in [-0.05, 0) is 11.0 Å². The zero-order chi connectivity index (χ0) is 14.4. The molecule has 1 aromatic carbocycles. The van der Waals surface area contributed by atoms with Gasteiger partial charge in [0.15, 0.2) is 0 Å². The van der Waals surface area contributed by atoms with Gasteiger partial charge < -0.3 is 0 Å². The van der Waals surface area contributed by atoms with Crippen LogP contribution >= 0.6 is 0 Å². The van der Waals surface area contributed by atoms with Gasteiger partial charge in [0.05, 0.1) is 0 Å². The van der Waals surface area contributed by atoms with Gasteiger partial charge in [0.1, 0.15) is 5.78 Å². The Morgan fingerprint density at radius 1 is 0.889 bits per heavy atom. The molecule has 0 heterocycles. The van der Waals surface area contributed by atoms with Crippen LogP contribution in [0.2, 0.25) is 0 Å². The van der Waals surface area contributed by atoms with Crippen LogP contribution in [0, 0.1) is 10.8 Å².